The van der Waals surface area contributed by atoms with Gasteiger partial charge in [-0.15, -0.1) is 0 Å². The molecular formula is C65H126O17P2. The van der Waals surface area contributed by atoms with E-state index in [9.17, 15) is 43.2 Å². The highest BCUT2D eigenvalue weighted by Crippen LogP contribution is 2.45. The molecule has 0 aromatic heterocycles. The van der Waals surface area contributed by atoms with Crippen LogP contribution < -0.4 is 0 Å². The van der Waals surface area contributed by atoms with Gasteiger partial charge in [-0.1, -0.05) is 273 Å². The van der Waals surface area contributed by atoms with Gasteiger partial charge in [0.1, 0.15) is 19.3 Å². The molecule has 0 aromatic carbocycles. The summed E-state index contributed by atoms with van der Waals surface area (Å²) in [6.07, 6.45) is 40.2. The number of phosphoric ester groups is 2. The Morgan fingerprint density at radius 2 is 0.607 bits per heavy atom. The monoisotopic (exact) mass is 1240 g/mol. The zero-order chi connectivity index (χ0) is 62.2. The van der Waals surface area contributed by atoms with Gasteiger partial charge in [0.25, 0.3) is 0 Å². The summed E-state index contributed by atoms with van der Waals surface area (Å²) in [5.41, 5.74) is 0. The fraction of sp³-hybridized carbons (Fsp3) is 0.938. The van der Waals surface area contributed by atoms with Crippen LogP contribution in [0, 0.1) is 11.8 Å². The first-order valence-electron chi connectivity index (χ1n) is 34.0. The Morgan fingerprint density at radius 3 is 0.905 bits per heavy atom. The molecule has 0 rings (SSSR count). The van der Waals surface area contributed by atoms with Gasteiger partial charge in [-0.2, -0.15) is 0 Å². The molecule has 0 bridgehead atoms. The molecule has 0 aliphatic rings. The van der Waals surface area contributed by atoms with E-state index < -0.39 is 97.5 Å². The van der Waals surface area contributed by atoms with Crippen LogP contribution in [0.4, 0.5) is 0 Å². The first-order valence-corrected chi connectivity index (χ1v) is 37.0. The average Bonchev–Trinajstić information content (AvgIpc) is 3.56. The van der Waals surface area contributed by atoms with Crippen LogP contribution in [0.1, 0.15) is 324 Å². The molecule has 0 aliphatic carbocycles. The number of hydrogen-bond acceptors (Lipinski definition) is 15. The van der Waals surface area contributed by atoms with Crippen LogP contribution >= 0.6 is 15.6 Å². The quantitative estimate of drug-likeness (QED) is 0.0222. The Hall–Kier alpha value is -1.94. The molecule has 0 aromatic rings. The number of carbonyl (C=O) groups is 4. The summed E-state index contributed by atoms with van der Waals surface area (Å²) in [6.45, 7) is 9.45. The molecule has 0 amide bonds. The molecule has 0 heterocycles. The number of aliphatic hydroxyl groups excluding tert-OH is 1. The Labute approximate surface area is 511 Å². The zero-order valence-corrected chi connectivity index (χ0v) is 56.0. The van der Waals surface area contributed by atoms with Crippen LogP contribution in [0.2, 0.25) is 0 Å². The van der Waals surface area contributed by atoms with Crippen molar-refractivity contribution in [3.05, 3.63) is 0 Å². The van der Waals surface area contributed by atoms with Crippen molar-refractivity contribution in [2.75, 3.05) is 39.6 Å². The fourth-order valence-electron chi connectivity index (χ4n) is 9.68. The molecule has 3 unspecified atom stereocenters. The summed E-state index contributed by atoms with van der Waals surface area (Å²) < 4.78 is 68.0. The van der Waals surface area contributed by atoms with Crippen molar-refractivity contribution in [2.24, 2.45) is 11.8 Å². The molecule has 0 saturated heterocycles. The number of ether oxygens (including phenoxy) is 4. The largest absolute Gasteiger partial charge is 0.472 e. The fourth-order valence-corrected chi connectivity index (χ4v) is 11.3. The van der Waals surface area contributed by atoms with Crippen molar-refractivity contribution in [1.29, 1.82) is 0 Å². The van der Waals surface area contributed by atoms with Gasteiger partial charge in [0.2, 0.25) is 0 Å². The molecular weight excluding hydrogens is 1110 g/mol. The highest BCUT2D eigenvalue weighted by atomic mass is 31.2. The second-order valence-electron chi connectivity index (χ2n) is 24.2. The summed E-state index contributed by atoms with van der Waals surface area (Å²) in [6, 6.07) is 0. The van der Waals surface area contributed by atoms with Gasteiger partial charge in [0.05, 0.1) is 26.4 Å². The summed E-state index contributed by atoms with van der Waals surface area (Å²) >= 11 is 0. The molecule has 0 spiro atoms. The van der Waals surface area contributed by atoms with Crippen molar-refractivity contribution >= 4 is 39.5 Å². The molecule has 498 valence electrons. The smallest absolute Gasteiger partial charge is 0.462 e. The highest BCUT2D eigenvalue weighted by Gasteiger charge is 2.30. The number of esters is 4. The summed E-state index contributed by atoms with van der Waals surface area (Å²) in [7, 11) is -9.89. The maximum Gasteiger partial charge on any atom is 0.472 e. The Kier molecular flexibility index (Phi) is 56.2. The van der Waals surface area contributed by atoms with E-state index in [0.717, 1.165) is 95.8 Å². The minimum Gasteiger partial charge on any atom is -0.462 e. The predicted octanol–water partition coefficient (Wildman–Crippen LogP) is 18.0. The van der Waals surface area contributed by atoms with Crippen molar-refractivity contribution in [3.8, 4) is 0 Å². The van der Waals surface area contributed by atoms with Crippen LogP contribution in [0.25, 0.3) is 0 Å². The first-order chi connectivity index (χ1) is 40.4. The summed E-state index contributed by atoms with van der Waals surface area (Å²) in [5.74, 6) is -0.635. The normalized spacial score (nSPS) is 14.6. The first kappa shape index (κ1) is 82.1. The molecule has 0 radical (unpaired) electrons. The van der Waals surface area contributed by atoms with Crippen molar-refractivity contribution in [1.82, 2.24) is 0 Å². The van der Waals surface area contributed by atoms with E-state index in [1.165, 1.54) is 141 Å². The van der Waals surface area contributed by atoms with E-state index in [1.807, 2.05) is 0 Å². The summed E-state index contributed by atoms with van der Waals surface area (Å²) in [4.78, 5) is 72.2. The van der Waals surface area contributed by atoms with Gasteiger partial charge < -0.3 is 33.8 Å². The molecule has 17 nitrogen and oxygen atoms in total. The van der Waals surface area contributed by atoms with Gasteiger partial charge in [-0.25, -0.2) is 9.13 Å². The molecule has 0 fully saturated rings. The molecule has 3 N–H and O–H groups in total. The topological polar surface area (TPSA) is 237 Å². The van der Waals surface area contributed by atoms with Gasteiger partial charge in [-0.05, 0) is 37.5 Å². The lowest BCUT2D eigenvalue weighted by Crippen LogP contribution is -2.30. The number of carbonyl (C=O) groups excluding carboxylic acids is 4. The van der Waals surface area contributed by atoms with Gasteiger partial charge in [0.15, 0.2) is 12.2 Å². The predicted molar refractivity (Wildman–Crippen MR) is 335 cm³/mol. The van der Waals surface area contributed by atoms with Crippen LogP contribution in [0.5, 0.6) is 0 Å². The van der Waals surface area contributed by atoms with Crippen LogP contribution in [-0.2, 0) is 65.4 Å². The minimum absolute atomic E-state index is 0.103. The molecule has 0 aliphatic heterocycles. The van der Waals surface area contributed by atoms with Crippen molar-refractivity contribution in [3.63, 3.8) is 0 Å². The third kappa shape index (κ3) is 57.8. The Balaban J connectivity index is 5.24. The number of hydrogen-bond donors (Lipinski definition) is 3. The lowest BCUT2D eigenvalue weighted by molar-refractivity contribution is -0.161. The van der Waals surface area contributed by atoms with Crippen LogP contribution in [0.15, 0.2) is 0 Å². The van der Waals surface area contributed by atoms with Crippen LogP contribution in [0.3, 0.4) is 0 Å². The van der Waals surface area contributed by atoms with E-state index in [-0.39, 0.29) is 25.7 Å². The lowest BCUT2D eigenvalue weighted by atomic mass is 9.99. The third-order valence-electron chi connectivity index (χ3n) is 15.3. The highest BCUT2D eigenvalue weighted by molar-refractivity contribution is 7.47. The Bertz CT molecular complexity index is 1650. The number of unbranched alkanes of at least 4 members (excludes halogenated alkanes) is 33. The molecule has 6 atom stereocenters. The lowest BCUT2D eigenvalue weighted by Gasteiger charge is -2.21. The van der Waals surface area contributed by atoms with Gasteiger partial charge in [0, 0.05) is 25.7 Å². The van der Waals surface area contributed by atoms with Crippen LogP contribution in [-0.4, -0.2) is 96.7 Å². The molecule has 0 saturated carbocycles. The zero-order valence-electron chi connectivity index (χ0n) is 54.2. The van der Waals surface area contributed by atoms with E-state index in [0.29, 0.717) is 31.6 Å². The van der Waals surface area contributed by atoms with E-state index >= 15 is 0 Å². The summed E-state index contributed by atoms with van der Waals surface area (Å²) in [5, 5.41) is 10.5. The van der Waals surface area contributed by atoms with Gasteiger partial charge in [-0.3, -0.25) is 37.3 Å². The third-order valence-corrected chi connectivity index (χ3v) is 17.2. The minimum atomic E-state index is -4.95. The van der Waals surface area contributed by atoms with E-state index in [2.05, 4.69) is 41.5 Å². The number of phosphoric acid groups is 2. The Morgan fingerprint density at radius 1 is 0.345 bits per heavy atom. The molecule has 84 heavy (non-hydrogen) atoms. The molecule has 19 heteroatoms. The van der Waals surface area contributed by atoms with Gasteiger partial charge >= 0.3 is 39.5 Å². The van der Waals surface area contributed by atoms with Crippen molar-refractivity contribution in [2.45, 2.75) is 342 Å². The van der Waals surface area contributed by atoms with E-state index in [1.54, 1.807) is 0 Å². The number of rotatable bonds is 64. The standard InChI is InChI=1S/C65H126O17P2/c1-7-10-12-14-16-18-19-24-30-36-42-48-63(68)76-53-60(81-64(69)49-43-37-31-25-21-20-23-28-34-40-46-58(6)9-3)55-79-83(71,72)77-51-59(66)52-78-84(73,74)80-56-61(54-75-62(67)47-41-35-29-22-17-15-13-11-8-2)82-65(70)50-44-38-32-26-27-33-39-45-57(4)5/h57-61,66H,7-56H2,1-6H3,(H,71,72)(H,73,74)/t58?,59-,60-,61-/m1/s1. The second-order valence-corrected chi connectivity index (χ2v) is 27.1. The number of aliphatic hydroxyl groups is 1. The second kappa shape index (κ2) is 57.5. The average molecular weight is 1240 g/mol. The maximum absolute atomic E-state index is 13.0. The SMILES string of the molecule is CCCCCCCCCCCCCC(=O)OC[C@H](COP(=O)(O)OC[C@@H](O)COP(=O)(O)OC[C@@H](COC(=O)CCCCCCCCCCC)OC(=O)CCCCCCCCCC(C)C)OC(=O)CCCCCCCCCCCCC(C)CC. The van der Waals surface area contributed by atoms with Crippen molar-refractivity contribution < 1.29 is 80.2 Å². The maximum atomic E-state index is 13.0. The van der Waals surface area contributed by atoms with E-state index in [4.69, 9.17) is 37.0 Å².